The van der Waals surface area contributed by atoms with Crippen molar-refractivity contribution >= 4 is 17.0 Å². The number of nitrogens with one attached hydrogen (secondary N) is 1. The molecule has 0 atom stereocenters. The molecular formula is C15H17N3O2S. The maximum absolute atomic E-state index is 10.9. The Labute approximate surface area is 127 Å². The third kappa shape index (κ3) is 3.46. The lowest BCUT2D eigenvalue weighted by molar-refractivity contribution is -0.384. The van der Waals surface area contributed by atoms with Gasteiger partial charge < -0.3 is 5.32 Å². The molecule has 2 aromatic rings. The molecule has 0 bridgehead atoms. The fraction of sp³-hybridized carbons (Fsp3) is 0.400. The first-order valence-electron chi connectivity index (χ1n) is 7.05. The predicted octanol–water partition coefficient (Wildman–Crippen LogP) is 3.53. The first-order chi connectivity index (χ1) is 10.1. The van der Waals surface area contributed by atoms with Crippen molar-refractivity contribution in [2.75, 3.05) is 6.54 Å². The minimum atomic E-state index is -0.372. The van der Waals surface area contributed by atoms with E-state index in [4.69, 9.17) is 0 Å². The van der Waals surface area contributed by atoms with Crippen LogP contribution in [-0.4, -0.2) is 16.5 Å². The van der Waals surface area contributed by atoms with Crippen molar-refractivity contribution in [1.82, 2.24) is 10.3 Å². The number of rotatable bonds is 6. The van der Waals surface area contributed by atoms with Crippen LogP contribution in [0.5, 0.6) is 0 Å². The number of non-ortho nitro benzene ring substituents is 1. The van der Waals surface area contributed by atoms with Crippen molar-refractivity contribution in [3.8, 4) is 11.3 Å². The Morgan fingerprint density at radius 2 is 2.29 bits per heavy atom. The Balaban J connectivity index is 1.76. The van der Waals surface area contributed by atoms with Crippen molar-refractivity contribution in [2.24, 2.45) is 5.92 Å². The van der Waals surface area contributed by atoms with Crippen molar-refractivity contribution in [3.63, 3.8) is 0 Å². The third-order valence-electron chi connectivity index (χ3n) is 3.58. The summed E-state index contributed by atoms with van der Waals surface area (Å²) < 4.78 is 0. The van der Waals surface area contributed by atoms with E-state index in [0.29, 0.717) is 0 Å². The predicted molar refractivity (Wildman–Crippen MR) is 83.4 cm³/mol. The maximum Gasteiger partial charge on any atom is 0.270 e. The molecule has 1 aliphatic carbocycles. The zero-order valence-electron chi connectivity index (χ0n) is 11.8. The topological polar surface area (TPSA) is 68.1 Å². The van der Waals surface area contributed by atoms with Crippen molar-refractivity contribution in [3.05, 3.63) is 44.3 Å². The standard InChI is InChI=1S/C15H17N3O2S/c1-10-15(12-3-2-4-13(7-12)18(19)20)17-14(21-10)9-16-8-11-5-6-11/h2-4,7,11,16H,5-6,8-9H2,1H3. The fourth-order valence-corrected chi connectivity index (χ4v) is 3.19. The number of nitrogens with zero attached hydrogens (tertiary/aromatic N) is 2. The molecule has 0 aliphatic heterocycles. The molecule has 0 spiro atoms. The van der Waals surface area contributed by atoms with E-state index >= 15 is 0 Å². The Hall–Kier alpha value is -1.79. The number of nitro groups is 1. The highest BCUT2D eigenvalue weighted by atomic mass is 32.1. The minimum absolute atomic E-state index is 0.105. The molecule has 1 N–H and O–H groups in total. The third-order valence-corrected chi connectivity index (χ3v) is 4.55. The van der Waals surface area contributed by atoms with Gasteiger partial charge in [-0.15, -0.1) is 11.3 Å². The summed E-state index contributed by atoms with van der Waals surface area (Å²) in [6.07, 6.45) is 2.67. The Morgan fingerprint density at radius 3 is 3.00 bits per heavy atom. The average Bonchev–Trinajstić information content (AvgIpc) is 3.21. The van der Waals surface area contributed by atoms with Crippen LogP contribution in [0.3, 0.4) is 0 Å². The summed E-state index contributed by atoms with van der Waals surface area (Å²) in [4.78, 5) is 16.2. The second kappa shape index (κ2) is 5.91. The van der Waals surface area contributed by atoms with Crippen molar-refractivity contribution in [1.29, 1.82) is 0 Å². The minimum Gasteiger partial charge on any atom is -0.310 e. The van der Waals surface area contributed by atoms with Crippen LogP contribution in [0, 0.1) is 23.0 Å². The molecule has 0 unspecified atom stereocenters. The van der Waals surface area contributed by atoms with E-state index in [1.165, 1.54) is 18.9 Å². The Bertz CT molecular complexity index is 665. The first kappa shape index (κ1) is 14.2. The highest BCUT2D eigenvalue weighted by molar-refractivity contribution is 7.12. The van der Waals surface area contributed by atoms with Gasteiger partial charge >= 0.3 is 0 Å². The largest absolute Gasteiger partial charge is 0.310 e. The molecule has 5 nitrogen and oxygen atoms in total. The number of nitro benzene ring substituents is 1. The van der Waals surface area contributed by atoms with Gasteiger partial charge in [-0.25, -0.2) is 4.98 Å². The van der Waals surface area contributed by atoms with Crippen LogP contribution in [0.15, 0.2) is 24.3 Å². The lowest BCUT2D eigenvalue weighted by Gasteiger charge is -2.00. The van der Waals surface area contributed by atoms with Gasteiger partial charge in [0.25, 0.3) is 5.69 Å². The lowest BCUT2D eigenvalue weighted by atomic mass is 10.1. The van der Waals surface area contributed by atoms with E-state index < -0.39 is 0 Å². The van der Waals surface area contributed by atoms with Crippen LogP contribution in [0.1, 0.15) is 22.7 Å². The van der Waals surface area contributed by atoms with Crippen molar-refractivity contribution in [2.45, 2.75) is 26.3 Å². The highest BCUT2D eigenvalue weighted by Gasteiger charge is 2.20. The zero-order chi connectivity index (χ0) is 14.8. The molecule has 0 radical (unpaired) electrons. The Morgan fingerprint density at radius 1 is 1.48 bits per heavy atom. The molecule has 110 valence electrons. The summed E-state index contributed by atoms with van der Waals surface area (Å²) in [5.74, 6) is 0.849. The van der Waals surface area contributed by atoms with Crippen LogP contribution in [0.4, 0.5) is 5.69 Å². The molecule has 21 heavy (non-hydrogen) atoms. The molecule has 6 heteroatoms. The lowest BCUT2D eigenvalue weighted by Crippen LogP contribution is -2.15. The summed E-state index contributed by atoms with van der Waals surface area (Å²) >= 11 is 1.65. The van der Waals surface area contributed by atoms with E-state index in [-0.39, 0.29) is 10.6 Å². The van der Waals surface area contributed by atoms with E-state index in [9.17, 15) is 10.1 Å². The van der Waals surface area contributed by atoms with Crippen LogP contribution in [-0.2, 0) is 6.54 Å². The van der Waals surface area contributed by atoms with E-state index in [2.05, 4.69) is 10.3 Å². The summed E-state index contributed by atoms with van der Waals surface area (Å²) in [5.41, 5.74) is 1.77. The molecule has 1 heterocycles. The van der Waals surface area contributed by atoms with Crippen LogP contribution < -0.4 is 5.32 Å². The fourth-order valence-electron chi connectivity index (χ4n) is 2.27. The molecule has 0 amide bonds. The molecule has 1 aliphatic rings. The van der Waals surface area contributed by atoms with Crippen molar-refractivity contribution < 1.29 is 4.92 Å². The van der Waals surface area contributed by atoms with Gasteiger partial charge in [0.1, 0.15) is 5.01 Å². The van der Waals surface area contributed by atoms with Gasteiger partial charge in [-0.1, -0.05) is 12.1 Å². The highest BCUT2D eigenvalue weighted by Crippen LogP contribution is 2.30. The quantitative estimate of drug-likeness (QED) is 0.655. The SMILES string of the molecule is Cc1sc(CNCC2CC2)nc1-c1cccc([N+](=O)[O-])c1. The maximum atomic E-state index is 10.9. The monoisotopic (exact) mass is 303 g/mol. The van der Waals surface area contributed by atoms with Crippen LogP contribution >= 0.6 is 11.3 Å². The number of thiazole rings is 1. The first-order valence-corrected chi connectivity index (χ1v) is 7.87. The van der Waals surface area contributed by atoms with Gasteiger partial charge in [-0.05, 0) is 32.2 Å². The van der Waals surface area contributed by atoms with E-state index in [1.54, 1.807) is 23.5 Å². The molecule has 1 fully saturated rings. The number of aryl methyl sites for hydroxylation is 1. The molecular weight excluding hydrogens is 286 g/mol. The van der Waals surface area contributed by atoms with Gasteiger partial charge in [0, 0.05) is 29.1 Å². The second-order valence-corrected chi connectivity index (χ2v) is 6.68. The zero-order valence-corrected chi connectivity index (χ0v) is 12.7. The number of hydrogen-bond acceptors (Lipinski definition) is 5. The van der Waals surface area contributed by atoms with E-state index in [0.717, 1.165) is 40.1 Å². The van der Waals surface area contributed by atoms with Gasteiger partial charge in [-0.3, -0.25) is 10.1 Å². The van der Waals surface area contributed by atoms with Gasteiger partial charge in [0.05, 0.1) is 10.6 Å². The smallest absolute Gasteiger partial charge is 0.270 e. The molecule has 0 saturated heterocycles. The second-order valence-electron chi connectivity index (χ2n) is 5.39. The molecule has 1 saturated carbocycles. The van der Waals surface area contributed by atoms with Gasteiger partial charge in [0.2, 0.25) is 0 Å². The summed E-state index contributed by atoms with van der Waals surface area (Å²) in [6, 6.07) is 6.67. The summed E-state index contributed by atoms with van der Waals surface area (Å²) in [7, 11) is 0. The molecule has 1 aromatic heterocycles. The number of benzene rings is 1. The normalized spacial score (nSPS) is 14.3. The average molecular weight is 303 g/mol. The Kier molecular flexibility index (Phi) is 3.98. The number of aromatic nitrogens is 1. The van der Waals surface area contributed by atoms with Crippen LogP contribution in [0.25, 0.3) is 11.3 Å². The van der Waals surface area contributed by atoms with Gasteiger partial charge in [0.15, 0.2) is 0 Å². The number of hydrogen-bond donors (Lipinski definition) is 1. The molecule has 1 aromatic carbocycles. The summed E-state index contributed by atoms with van der Waals surface area (Å²) in [5, 5.41) is 15.3. The van der Waals surface area contributed by atoms with E-state index in [1.807, 2.05) is 13.0 Å². The summed E-state index contributed by atoms with van der Waals surface area (Å²) in [6.45, 7) is 3.85. The molecule has 3 rings (SSSR count). The van der Waals surface area contributed by atoms with Gasteiger partial charge in [-0.2, -0.15) is 0 Å². The van der Waals surface area contributed by atoms with Crippen LogP contribution in [0.2, 0.25) is 0 Å².